The summed E-state index contributed by atoms with van der Waals surface area (Å²) in [6.07, 6.45) is 4.23. The summed E-state index contributed by atoms with van der Waals surface area (Å²) in [5.74, 6) is 0.891. The predicted octanol–water partition coefficient (Wildman–Crippen LogP) is 5.65. The van der Waals surface area contributed by atoms with Crippen LogP contribution in [0.1, 0.15) is 18.1 Å². The van der Waals surface area contributed by atoms with Gasteiger partial charge in [0.25, 0.3) is 0 Å². The van der Waals surface area contributed by atoms with Crippen molar-refractivity contribution in [2.75, 3.05) is 31.2 Å². The lowest BCUT2D eigenvalue weighted by Gasteiger charge is -2.34. The summed E-state index contributed by atoms with van der Waals surface area (Å²) < 4.78 is 12.0. The third kappa shape index (κ3) is 2.95. The fraction of sp³-hybridized carbons (Fsp3) is 0.250. The molecular weight excluding hydrogens is 370 g/mol. The van der Waals surface area contributed by atoms with Crippen LogP contribution in [-0.2, 0) is 10.3 Å². The summed E-state index contributed by atoms with van der Waals surface area (Å²) in [5.41, 5.74) is 2.86. The molecule has 0 amide bonds. The van der Waals surface area contributed by atoms with Crippen LogP contribution in [0.5, 0.6) is 5.75 Å². The summed E-state index contributed by atoms with van der Waals surface area (Å²) in [4.78, 5) is 2.36. The van der Waals surface area contributed by atoms with E-state index >= 15 is 0 Å². The van der Waals surface area contributed by atoms with Crippen LogP contribution in [0.15, 0.2) is 60.7 Å². The summed E-state index contributed by atoms with van der Waals surface area (Å²) in [5, 5.41) is 2.81. The molecular formula is C24H22ClNO2. The summed E-state index contributed by atoms with van der Waals surface area (Å²) >= 11 is 6.47. The van der Waals surface area contributed by atoms with Gasteiger partial charge in [0.1, 0.15) is 11.4 Å². The van der Waals surface area contributed by atoms with Crippen LogP contribution in [0.4, 0.5) is 5.69 Å². The van der Waals surface area contributed by atoms with Gasteiger partial charge in [-0.3, -0.25) is 0 Å². The van der Waals surface area contributed by atoms with Gasteiger partial charge in [0.15, 0.2) is 0 Å². The Morgan fingerprint density at radius 2 is 1.68 bits per heavy atom. The van der Waals surface area contributed by atoms with E-state index in [2.05, 4.69) is 54.3 Å². The second-order valence-electron chi connectivity index (χ2n) is 7.51. The summed E-state index contributed by atoms with van der Waals surface area (Å²) in [7, 11) is 0. The second kappa shape index (κ2) is 6.84. The van der Waals surface area contributed by atoms with Gasteiger partial charge in [-0.15, -0.1) is 0 Å². The molecule has 1 saturated heterocycles. The average Bonchev–Trinajstić information content (AvgIpc) is 2.75. The maximum atomic E-state index is 6.58. The molecule has 142 valence electrons. The average molecular weight is 392 g/mol. The van der Waals surface area contributed by atoms with E-state index in [1.807, 2.05) is 24.3 Å². The molecule has 0 radical (unpaired) electrons. The van der Waals surface area contributed by atoms with Crippen LogP contribution in [0.2, 0.25) is 5.02 Å². The second-order valence-corrected chi connectivity index (χ2v) is 7.92. The fourth-order valence-corrected chi connectivity index (χ4v) is 4.32. The number of anilines is 1. The minimum atomic E-state index is -0.521. The Bertz CT molecular complexity index is 1050. The van der Waals surface area contributed by atoms with Gasteiger partial charge in [-0.1, -0.05) is 54.1 Å². The molecule has 0 aromatic heterocycles. The van der Waals surface area contributed by atoms with Gasteiger partial charge < -0.3 is 14.4 Å². The van der Waals surface area contributed by atoms with Gasteiger partial charge in [0.2, 0.25) is 0 Å². The maximum Gasteiger partial charge on any atom is 0.150 e. The van der Waals surface area contributed by atoms with E-state index < -0.39 is 5.60 Å². The van der Waals surface area contributed by atoms with Gasteiger partial charge in [-0.2, -0.15) is 0 Å². The zero-order valence-electron chi connectivity index (χ0n) is 15.8. The first-order valence-electron chi connectivity index (χ1n) is 9.67. The number of morpholine rings is 1. The Balaban J connectivity index is 1.50. The first-order valence-corrected chi connectivity index (χ1v) is 10.0. The van der Waals surface area contributed by atoms with E-state index in [4.69, 9.17) is 21.1 Å². The van der Waals surface area contributed by atoms with E-state index in [0.717, 1.165) is 59.0 Å². The fourth-order valence-electron chi connectivity index (χ4n) is 4.04. The highest BCUT2D eigenvalue weighted by atomic mass is 35.5. The zero-order chi connectivity index (χ0) is 19.1. The Morgan fingerprint density at radius 1 is 0.964 bits per heavy atom. The quantitative estimate of drug-likeness (QED) is 0.563. The lowest BCUT2D eigenvalue weighted by atomic mass is 9.91. The molecule has 0 saturated carbocycles. The Kier molecular flexibility index (Phi) is 4.30. The monoisotopic (exact) mass is 391 g/mol. The smallest absolute Gasteiger partial charge is 0.150 e. The molecule has 1 fully saturated rings. The van der Waals surface area contributed by atoms with Crippen molar-refractivity contribution < 1.29 is 9.47 Å². The third-order valence-corrected chi connectivity index (χ3v) is 6.00. The maximum absolute atomic E-state index is 6.58. The first-order chi connectivity index (χ1) is 13.6. The number of fused-ring (bicyclic) bond motifs is 3. The molecule has 2 heterocycles. The van der Waals surface area contributed by atoms with Crippen LogP contribution in [0.25, 0.3) is 16.8 Å². The predicted molar refractivity (Wildman–Crippen MR) is 115 cm³/mol. The van der Waals surface area contributed by atoms with Crippen molar-refractivity contribution in [3.8, 4) is 5.75 Å². The molecule has 3 nitrogen and oxygen atoms in total. The van der Waals surface area contributed by atoms with E-state index in [1.165, 1.54) is 5.69 Å². The minimum Gasteiger partial charge on any atom is -0.477 e. The van der Waals surface area contributed by atoms with Crippen LogP contribution >= 0.6 is 11.6 Å². The number of benzene rings is 3. The van der Waals surface area contributed by atoms with Crippen LogP contribution < -0.4 is 9.64 Å². The molecule has 0 aliphatic carbocycles. The highest BCUT2D eigenvalue weighted by molar-refractivity contribution is 6.36. The molecule has 1 atom stereocenters. The van der Waals surface area contributed by atoms with E-state index in [0.29, 0.717) is 0 Å². The van der Waals surface area contributed by atoms with Crippen molar-refractivity contribution in [2.45, 2.75) is 12.5 Å². The lowest BCUT2D eigenvalue weighted by Crippen LogP contribution is -2.36. The molecule has 5 rings (SSSR count). The third-order valence-electron chi connectivity index (χ3n) is 5.69. The van der Waals surface area contributed by atoms with Crippen molar-refractivity contribution in [3.63, 3.8) is 0 Å². The molecule has 28 heavy (non-hydrogen) atoms. The molecule has 2 aliphatic heterocycles. The molecule has 4 heteroatoms. The summed E-state index contributed by atoms with van der Waals surface area (Å²) in [6, 6.07) is 18.8. The Morgan fingerprint density at radius 3 is 2.43 bits per heavy atom. The first kappa shape index (κ1) is 17.6. The minimum absolute atomic E-state index is 0.521. The van der Waals surface area contributed by atoms with Crippen LogP contribution in [0, 0.1) is 0 Å². The Hall–Kier alpha value is -2.49. The number of ether oxygens (including phenoxy) is 2. The van der Waals surface area contributed by atoms with Crippen LogP contribution in [-0.4, -0.2) is 26.3 Å². The Labute approximate surface area is 170 Å². The number of nitrogens with zero attached hydrogens (tertiary/aromatic N) is 1. The molecule has 3 aromatic carbocycles. The van der Waals surface area contributed by atoms with Crippen LogP contribution in [0.3, 0.4) is 0 Å². The molecule has 0 bridgehead atoms. The SMILES string of the molecule is CC1(c2ccc(N3CCOCC3)cc2)C=Cc2cc(Cl)c3ccccc3c2O1. The number of halogens is 1. The van der Waals surface area contributed by atoms with Crippen molar-refractivity contribution in [3.05, 3.63) is 76.8 Å². The van der Waals surface area contributed by atoms with Crippen molar-refractivity contribution >= 4 is 34.1 Å². The van der Waals surface area contributed by atoms with Gasteiger partial charge >= 0.3 is 0 Å². The largest absolute Gasteiger partial charge is 0.477 e. The van der Waals surface area contributed by atoms with E-state index in [-0.39, 0.29) is 0 Å². The highest BCUT2D eigenvalue weighted by Gasteiger charge is 2.31. The normalized spacial score (nSPS) is 21.4. The van der Waals surface area contributed by atoms with Crippen molar-refractivity contribution in [1.82, 2.24) is 0 Å². The standard InChI is InChI=1S/C24H22ClNO2/c1-24(18-6-8-19(9-7-18)26-12-14-27-15-13-26)11-10-17-16-22(25)20-4-2-3-5-21(20)23(17)28-24/h2-11,16H,12-15H2,1H3. The van der Waals surface area contributed by atoms with Crippen molar-refractivity contribution in [2.24, 2.45) is 0 Å². The lowest BCUT2D eigenvalue weighted by molar-refractivity contribution is 0.122. The number of rotatable bonds is 2. The number of hydrogen-bond donors (Lipinski definition) is 0. The van der Waals surface area contributed by atoms with Gasteiger partial charge in [0.05, 0.1) is 13.2 Å². The summed E-state index contributed by atoms with van der Waals surface area (Å²) in [6.45, 7) is 5.56. The molecule has 2 aliphatic rings. The highest BCUT2D eigenvalue weighted by Crippen LogP contribution is 2.43. The zero-order valence-corrected chi connectivity index (χ0v) is 16.6. The van der Waals surface area contributed by atoms with E-state index in [1.54, 1.807) is 0 Å². The molecule has 1 unspecified atom stereocenters. The van der Waals surface area contributed by atoms with Crippen molar-refractivity contribution in [1.29, 1.82) is 0 Å². The molecule has 0 spiro atoms. The van der Waals surface area contributed by atoms with Gasteiger partial charge in [-0.25, -0.2) is 0 Å². The van der Waals surface area contributed by atoms with E-state index in [9.17, 15) is 0 Å². The van der Waals surface area contributed by atoms with Gasteiger partial charge in [0, 0.05) is 40.1 Å². The molecule has 0 N–H and O–H groups in total. The topological polar surface area (TPSA) is 21.7 Å². The molecule has 3 aromatic rings. The van der Waals surface area contributed by atoms with Gasteiger partial charge in [-0.05, 0) is 36.8 Å². The number of hydrogen-bond acceptors (Lipinski definition) is 3.